The van der Waals surface area contributed by atoms with Crippen LogP contribution in [0.4, 0.5) is 0 Å². The van der Waals surface area contributed by atoms with Gasteiger partial charge in [0.25, 0.3) is 0 Å². The average molecular weight is 249 g/mol. The predicted octanol–water partition coefficient (Wildman–Crippen LogP) is 2.39. The minimum Gasteiger partial charge on any atom is -0.343 e. The van der Waals surface area contributed by atoms with Gasteiger partial charge in [0.15, 0.2) is 0 Å². The van der Waals surface area contributed by atoms with E-state index in [1.54, 1.807) is 0 Å². The molecule has 0 spiro atoms. The lowest BCUT2D eigenvalue weighted by atomic mass is 9.86. The summed E-state index contributed by atoms with van der Waals surface area (Å²) in [4.78, 5) is 25.8. The van der Waals surface area contributed by atoms with Gasteiger partial charge in [0.05, 0.1) is 0 Å². The lowest BCUT2D eigenvalue weighted by Crippen LogP contribution is -2.43. The standard InChI is InChI=1S/C15H23NO2/c1-16(12-4-6-13(17)7-5-12)15(18)14-9-10-2-3-11(14)8-10/h10-12,14H,2-9H2,1H3. The first-order valence-electron chi connectivity index (χ1n) is 7.43. The second-order valence-corrected chi connectivity index (χ2v) is 6.50. The van der Waals surface area contributed by atoms with E-state index in [0.717, 1.165) is 25.2 Å². The number of carbonyl (C=O) groups excluding carboxylic acids is 2. The Morgan fingerprint density at radius 1 is 1.11 bits per heavy atom. The molecular weight excluding hydrogens is 226 g/mol. The van der Waals surface area contributed by atoms with Crippen molar-refractivity contribution in [2.75, 3.05) is 7.05 Å². The van der Waals surface area contributed by atoms with Crippen LogP contribution in [0.2, 0.25) is 0 Å². The molecule has 0 aliphatic heterocycles. The quantitative estimate of drug-likeness (QED) is 0.753. The zero-order valence-corrected chi connectivity index (χ0v) is 11.2. The normalized spacial score (nSPS) is 36.1. The van der Waals surface area contributed by atoms with E-state index >= 15 is 0 Å². The third-order valence-electron chi connectivity index (χ3n) is 5.46. The van der Waals surface area contributed by atoms with Crippen molar-refractivity contribution in [3.63, 3.8) is 0 Å². The molecule has 2 bridgehead atoms. The molecule has 0 saturated heterocycles. The Balaban J connectivity index is 1.60. The second-order valence-electron chi connectivity index (χ2n) is 6.50. The third kappa shape index (κ3) is 2.08. The molecule has 3 saturated carbocycles. The van der Waals surface area contributed by atoms with E-state index < -0.39 is 0 Å². The van der Waals surface area contributed by atoms with E-state index in [4.69, 9.17) is 0 Å². The van der Waals surface area contributed by atoms with Crippen LogP contribution in [0, 0.1) is 17.8 Å². The lowest BCUT2D eigenvalue weighted by Gasteiger charge is -2.34. The molecule has 0 heterocycles. The van der Waals surface area contributed by atoms with Crippen molar-refractivity contribution in [2.24, 2.45) is 17.8 Å². The number of hydrogen-bond donors (Lipinski definition) is 0. The number of nitrogens with zero attached hydrogens (tertiary/aromatic N) is 1. The van der Waals surface area contributed by atoms with Gasteiger partial charge in [-0.25, -0.2) is 0 Å². The molecule has 100 valence electrons. The van der Waals surface area contributed by atoms with Crippen molar-refractivity contribution in [1.29, 1.82) is 0 Å². The molecule has 3 heteroatoms. The molecule has 3 rings (SSSR count). The minimum absolute atomic E-state index is 0.298. The molecule has 0 aromatic carbocycles. The Kier molecular flexibility index (Phi) is 3.16. The van der Waals surface area contributed by atoms with Crippen LogP contribution in [-0.2, 0) is 9.59 Å². The van der Waals surface area contributed by atoms with Gasteiger partial charge < -0.3 is 4.90 Å². The van der Waals surface area contributed by atoms with E-state index in [2.05, 4.69) is 0 Å². The highest BCUT2D eigenvalue weighted by molar-refractivity contribution is 5.81. The van der Waals surface area contributed by atoms with Crippen LogP contribution in [0.15, 0.2) is 0 Å². The molecule has 0 N–H and O–H groups in total. The summed E-state index contributed by atoms with van der Waals surface area (Å²) in [6, 6.07) is 0.314. The van der Waals surface area contributed by atoms with Crippen molar-refractivity contribution < 1.29 is 9.59 Å². The number of ketones is 1. The molecule has 18 heavy (non-hydrogen) atoms. The highest BCUT2D eigenvalue weighted by Crippen LogP contribution is 2.49. The van der Waals surface area contributed by atoms with Gasteiger partial charge in [0.2, 0.25) is 5.91 Å². The largest absolute Gasteiger partial charge is 0.343 e. The molecule has 0 aromatic rings. The van der Waals surface area contributed by atoms with Gasteiger partial charge in [-0.3, -0.25) is 9.59 Å². The predicted molar refractivity (Wildman–Crippen MR) is 69.0 cm³/mol. The first kappa shape index (κ1) is 12.2. The molecule has 3 unspecified atom stereocenters. The van der Waals surface area contributed by atoms with E-state index in [0.29, 0.717) is 42.4 Å². The number of rotatable bonds is 2. The maximum atomic E-state index is 12.6. The van der Waals surface area contributed by atoms with Crippen molar-refractivity contribution >= 4 is 11.7 Å². The third-order valence-corrected chi connectivity index (χ3v) is 5.46. The van der Waals surface area contributed by atoms with Crippen LogP contribution < -0.4 is 0 Å². The van der Waals surface area contributed by atoms with Gasteiger partial charge in [-0.1, -0.05) is 6.42 Å². The van der Waals surface area contributed by atoms with E-state index in [9.17, 15) is 9.59 Å². The Morgan fingerprint density at radius 2 is 1.83 bits per heavy atom. The van der Waals surface area contributed by atoms with Gasteiger partial charge in [-0.2, -0.15) is 0 Å². The summed E-state index contributed by atoms with van der Waals surface area (Å²) in [5.74, 6) is 2.51. The minimum atomic E-state index is 0.298. The number of Topliss-reactive ketones (excluding diaryl/α,β-unsaturated/α-hetero) is 1. The number of hydrogen-bond acceptors (Lipinski definition) is 2. The van der Waals surface area contributed by atoms with Gasteiger partial charge in [-0.05, 0) is 43.9 Å². The molecule has 3 nitrogen and oxygen atoms in total. The summed E-state index contributed by atoms with van der Waals surface area (Å²) in [6.07, 6.45) is 8.10. The van der Waals surface area contributed by atoms with Crippen molar-refractivity contribution in [2.45, 2.75) is 57.4 Å². The highest BCUT2D eigenvalue weighted by Gasteiger charge is 2.44. The molecule has 1 amide bonds. The summed E-state index contributed by atoms with van der Waals surface area (Å²) in [6.45, 7) is 0. The van der Waals surface area contributed by atoms with Crippen molar-refractivity contribution in [1.82, 2.24) is 4.90 Å². The van der Waals surface area contributed by atoms with Gasteiger partial charge in [-0.15, -0.1) is 0 Å². The van der Waals surface area contributed by atoms with Crippen LogP contribution in [0.25, 0.3) is 0 Å². The number of carbonyl (C=O) groups is 2. The molecule has 3 aliphatic rings. The summed E-state index contributed by atoms with van der Waals surface area (Å²) >= 11 is 0. The van der Waals surface area contributed by atoms with Crippen molar-refractivity contribution in [3.8, 4) is 0 Å². The van der Waals surface area contributed by atoms with Gasteiger partial charge in [0, 0.05) is 31.8 Å². The maximum Gasteiger partial charge on any atom is 0.225 e. The maximum absolute atomic E-state index is 12.6. The lowest BCUT2D eigenvalue weighted by molar-refractivity contribution is -0.139. The van der Waals surface area contributed by atoms with E-state index in [-0.39, 0.29) is 0 Å². The molecule has 3 aliphatic carbocycles. The Labute approximate surface area is 109 Å². The Morgan fingerprint density at radius 3 is 2.39 bits per heavy atom. The van der Waals surface area contributed by atoms with Gasteiger partial charge >= 0.3 is 0 Å². The SMILES string of the molecule is CN(C(=O)C1CC2CCC1C2)C1CCC(=O)CC1. The zero-order valence-electron chi connectivity index (χ0n) is 11.2. The zero-order chi connectivity index (χ0) is 12.7. The van der Waals surface area contributed by atoms with E-state index in [1.807, 2.05) is 11.9 Å². The Bertz CT molecular complexity index is 356. The molecule has 0 aromatic heterocycles. The fraction of sp³-hybridized carbons (Fsp3) is 0.867. The van der Waals surface area contributed by atoms with Crippen LogP contribution >= 0.6 is 0 Å². The van der Waals surface area contributed by atoms with Crippen LogP contribution in [-0.4, -0.2) is 29.7 Å². The average Bonchev–Trinajstić information content (AvgIpc) is 3.00. The van der Waals surface area contributed by atoms with Crippen molar-refractivity contribution in [3.05, 3.63) is 0 Å². The number of fused-ring (bicyclic) bond motifs is 2. The number of amides is 1. The summed E-state index contributed by atoms with van der Waals surface area (Å²) in [5, 5.41) is 0. The fourth-order valence-corrected chi connectivity index (χ4v) is 4.30. The first-order chi connectivity index (χ1) is 8.65. The molecular formula is C15H23NO2. The monoisotopic (exact) mass is 249 g/mol. The second kappa shape index (κ2) is 4.67. The highest BCUT2D eigenvalue weighted by atomic mass is 16.2. The summed E-state index contributed by atoms with van der Waals surface area (Å²) in [5.41, 5.74) is 0. The van der Waals surface area contributed by atoms with E-state index in [1.165, 1.54) is 19.3 Å². The molecule has 0 radical (unpaired) electrons. The van der Waals surface area contributed by atoms with Gasteiger partial charge in [0.1, 0.15) is 5.78 Å². The Hall–Kier alpha value is -0.860. The van der Waals surface area contributed by atoms with Crippen LogP contribution in [0.3, 0.4) is 0 Å². The molecule has 3 fully saturated rings. The first-order valence-corrected chi connectivity index (χ1v) is 7.43. The van der Waals surface area contributed by atoms with Crippen LogP contribution in [0.5, 0.6) is 0 Å². The molecule has 3 atom stereocenters. The summed E-state index contributed by atoms with van der Waals surface area (Å²) in [7, 11) is 1.95. The fourth-order valence-electron chi connectivity index (χ4n) is 4.30. The van der Waals surface area contributed by atoms with Crippen LogP contribution in [0.1, 0.15) is 51.4 Å². The summed E-state index contributed by atoms with van der Waals surface area (Å²) < 4.78 is 0. The topological polar surface area (TPSA) is 37.4 Å². The smallest absolute Gasteiger partial charge is 0.225 e.